The number of halogens is 1. The molecule has 0 saturated carbocycles. The van der Waals surface area contributed by atoms with Crippen LogP contribution in [0.15, 0.2) is 23.1 Å². The summed E-state index contributed by atoms with van der Waals surface area (Å²) in [7, 11) is -3.70. The molecule has 1 aromatic carbocycles. The summed E-state index contributed by atoms with van der Waals surface area (Å²) in [4.78, 5) is -0.0880. The SMILES string of the molecule is CC(CNS(=O)(=O)c1ccc(F)cc1N)C(C)(C)C. The fourth-order valence-corrected chi connectivity index (χ4v) is 2.62. The Bertz CT molecular complexity index is 550. The smallest absolute Gasteiger partial charge is 0.242 e. The molecule has 0 bridgehead atoms. The van der Waals surface area contributed by atoms with Crippen molar-refractivity contribution in [3.8, 4) is 0 Å². The van der Waals surface area contributed by atoms with E-state index in [-0.39, 0.29) is 21.9 Å². The molecular formula is C13H21FN2O2S. The molecule has 0 aliphatic carbocycles. The zero-order valence-electron chi connectivity index (χ0n) is 11.7. The van der Waals surface area contributed by atoms with Gasteiger partial charge in [-0.3, -0.25) is 0 Å². The van der Waals surface area contributed by atoms with Gasteiger partial charge >= 0.3 is 0 Å². The topological polar surface area (TPSA) is 72.2 Å². The molecule has 0 aliphatic heterocycles. The molecule has 0 aliphatic rings. The van der Waals surface area contributed by atoms with Gasteiger partial charge in [-0.1, -0.05) is 27.7 Å². The highest BCUT2D eigenvalue weighted by Gasteiger charge is 2.23. The number of anilines is 1. The highest BCUT2D eigenvalue weighted by Crippen LogP contribution is 2.25. The van der Waals surface area contributed by atoms with Crippen molar-refractivity contribution in [3.05, 3.63) is 24.0 Å². The van der Waals surface area contributed by atoms with Crippen LogP contribution in [0.4, 0.5) is 10.1 Å². The van der Waals surface area contributed by atoms with Crippen molar-refractivity contribution in [2.75, 3.05) is 12.3 Å². The Morgan fingerprint density at radius 2 is 1.95 bits per heavy atom. The second kappa shape index (κ2) is 5.46. The molecule has 0 amide bonds. The van der Waals surface area contributed by atoms with Crippen LogP contribution in [0.5, 0.6) is 0 Å². The molecule has 1 aromatic rings. The quantitative estimate of drug-likeness (QED) is 0.835. The van der Waals surface area contributed by atoms with Crippen molar-refractivity contribution in [2.24, 2.45) is 11.3 Å². The third kappa shape index (κ3) is 4.18. The number of hydrogen-bond acceptors (Lipinski definition) is 3. The largest absolute Gasteiger partial charge is 0.398 e. The third-order valence-electron chi connectivity index (χ3n) is 3.32. The minimum Gasteiger partial charge on any atom is -0.398 e. The molecule has 19 heavy (non-hydrogen) atoms. The van der Waals surface area contributed by atoms with Gasteiger partial charge in [0.1, 0.15) is 10.7 Å². The van der Waals surface area contributed by atoms with E-state index in [1.54, 1.807) is 0 Å². The summed E-state index contributed by atoms with van der Waals surface area (Å²) < 4.78 is 39.6. The van der Waals surface area contributed by atoms with Gasteiger partial charge in [-0.25, -0.2) is 17.5 Å². The lowest BCUT2D eigenvalue weighted by atomic mass is 9.82. The Morgan fingerprint density at radius 1 is 1.37 bits per heavy atom. The van der Waals surface area contributed by atoms with Gasteiger partial charge in [0, 0.05) is 6.54 Å². The summed E-state index contributed by atoms with van der Waals surface area (Å²) in [6.07, 6.45) is 0. The van der Waals surface area contributed by atoms with E-state index < -0.39 is 15.8 Å². The molecule has 4 nitrogen and oxygen atoms in total. The van der Waals surface area contributed by atoms with Crippen LogP contribution in [-0.4, -0.2) is 15.0 Å². The average Bonchev–Trinajstić information content (AvgIpc) is 2.24. The van der Waals surface area contributed by atoms with Gasteiger partial charge in [0.25, 0.3) is 0 Å². The van der Waals surface area contributed by atoms with Gasteiger partial charge in [-0.15, -0.1) is 0 Å². The van der Waals surface area contributed by atoms with Crippen molar-refractivity contribution in [2.45, 2.75) is 32.6 Å². The number of nitrogen functional groups attached to an aromatic ring is 1. The van der Waals surface area contributed by atoms with Gasteiger partial charge < -0.3 is 5.73 Å². The molecule has 0 aromatic heterocycles. The van der Waals surface area contributed by atoms with Crippen LogP contribution in [0, 0.1) is 17.2 Å². The standard InChI is InChI=1S/C13H21FN2O2S/c1-9(13(2,3)4)8-16-19(17,18)12-6-5-10(14)7-11(12)15/h5-7,9,16H,8,15H2,1-4H3. The maximum atomic E-state index is 12.9. The van der Waals surface area contributed by atoms with E-state index >= 15 is 0 Å². The van der Waals surface area contributed by atoms with Crippen LogP contribution in [-0.2, 0) is 10.0 Å². The summed E-state index contributed by atoms with van der Waals surface area (Å²) in [6, 6.07) is 3.26. The van der Waals surface area contributed by atoms with Crippen LogP contribution in [0.3, 0.4) is 0 Å². The van der Waals surface area contributed by atoms with E-state index in [0.717, 1.165) is 12.1 Å². The maximum absolute atomic E-state index is 12.9. The summed E-state index contributed by atoms with van der Waals surface area (Å²) in [5.74, 6) is -0.400. The summed E-state index contributed by atoms with van der Waals surface area (Å²) in [5.41, 5.74) is 5.45. The first-order valence-corrected chi connectivity index (χ1v) is 7.57. The first-order chi connectivity index (χ1) is 8.54. The van der Waals surface area contributed by atoms with Crippen LogP contribution in [0.2, 0.25) is 0 Å². The van der Waals surface area contributed by atoms with Gasteiger partial charge in [0.15, 0.2) is 0 Å². The average molecular weight is 288 g/mol. The molecule has 1 rings (SSSR count). The van der Waals surface area contributed by atoms with Crippen molar-refractivity contribution >= 4 is 15.7 Å². The molecule has 1 unspecified atom stereocenters. The summed E-state index contributed by atoms with van der Waals surface area (Å²) >= 11 is 0. The normalized spacial score (nSPS) is 14.4. The summed E-state index contributed by atoms with van der Waals surface area (Å²) in [6.45, 7) is 8.40. The number of nitrogens with two attached hydrogens (primary N) is 1. The van der Waals surface area contributed by atoms with E-state index in [1.165, 1.54) is 6.07 Å². The predicted octanol–water partition coefficient (Wildman–Crippen LogP) is 2.37. The first kappa shape index (κ1) is 15.9. The van der Waals surface area contributed by atoms with E-state index in [2.05, 4.69) is 4.72 Å². The zero-order chi connectivity index (χ0) is 14.8. The highest BCUT2D eigenvalue weighted by atomic mass is 32.2. The zero-order valence-corrected chi connectivity index (χ0v) is 12.5. The second-order valence-electron chi connectivity index (χ2n) is 5.80. The Balaban J connectivity index is 2.88. The van der Waals surface area contributed by atoms with E-state index in [1.807, 2.05) is 27.7 Å². The molecule has 108 valence electrons. The fraction of sp³-hybridized carbons (Fsp3) is 0.538. The molecule has 3 N–H and O–H groups in total. The molecule has 0 fully saturated rings. The molecule has 0 spiro atoms. The minimum atomic E-state index is -3.70. The van der Waals surface area contributed by atoms with Gasteiger partial charge in [0.2, 0.25) is 10.0 Å². The number of rotatable bonds is 4. The molecule has 0 radical (unpaired) electrons. The number of hydrogen-bond donors (Lipinski definition) is 2. The Kier molecular flexibility index (Phi) is 4.58. The summed E-state index contributed by atoms with van der Waals surface area (Å²) in [5, 5.41) is 0. The molecular weight excluding hydrogens is 267 g/mol. The third-order valence-corrected chi connectivity index (χ3v) is 4.82. The minimum absolute atomic E-state index is 0.00311. The second-order valence-corrected chi connectivity index (χ2v) is 7.54. The van der Waals surface area contributed by atoms with Gasteiger partial charge in [0.05, 0.1) is 5.69 Å². The lowest BCUT2D eigenvalue weighted by Crippen LogP contribution is -2.34. The van der Waals surface area contributed by atoms with E-state index in [9.17, 15) is 12.8 Å². The monoisotopic (exact) mass is 288 g/mol. The van der Waals surface area contributed by atoms with Crippen LogP contribution < -0.4 is 10.5 Å². The van der Waals surface area contributed by atoms with Crippen molar-refractivity contribution in [3.63, 3.8) is 0 Å². The van der Waals surface area contributed by atoms with E-state index in [4.69, 9.17) is 5.73 Å². The van der Waals surface area contributed by atoms with Gasteiger partial charge in [-0.2, -0.15) is 0 Å². The van der Waals surface area contributed by atoms with Crippen LogP contribution >= 0.6 is 0 Å². The lowest BCUT2D eigenvalue weighted by Gasteiger charge is -2.27. The van der Waals surface area contributed by atoms with Crippen molar-refractivity contribution in [1.82, 2.24) is 4.72 Å². The highest BCUT2D eigenvalue weighted by molar-refractivity contribution is 7.89. The number of sulfonamides is 1. The Labute approximate surface area is 114 Å². The number of nitrogens with one attached hydrogen (secondary N) is 1. The predicted molar refractivity (Wildman–Crippen MR) is 74.6 cm³/mol. The van der Waals surface area contributed by atoms with Crippen molar-refractivity contribution < 1.29 is 12.8 Å². The van der Waals surface area contributed by atoms with Crippen LogP contribution in [0.1, 0.15) is 27.7 Å². The molecule has 1 atom stereocenters. The van der Waals surface area contributed by atoms with E-state index in [0.29, 0.717) is 6.54 Å². The van der Waals surface area contributed by atoms with Crippen LogP contribution in [0.25, 0.3) is 0 Å². The molecule has 0 heterocycles. The maximum Gasteiger partial charge on any atom is 0.242 e. The number of benzene rings is 1. The lowest BCUT2D eigenvalue weighted by molar-refractivity contribution is 0.263. The molecule has 0 saturated heterocycles. The Morgan fingerprint density at radius 3 is 2.42 bits per heavy atom. The first-order valence-electron chi connectivity index (χ1n) is 6.09. The fourth-order valence-electron chi connectivity index (χ4n) is 1.38. The van der Waals surface area contributed by atoms with Gasteiger partial charge in [-0.05, 0) is 29.5 Å². The molecule has 6 heteroatoms. The van der Waals surface area contributed by atoms with Crippen molar-refractivity contribution in [1.29, 1.82) is 0 Å². The Hall–Kier alpha value is -1.14.